The molecule has 2 aliphatic rings. The van der Waals surface area contributed by atoms with Crippen LogP contribution in [0.2, 0.25) is 0 Å². The first-order valence-electron chi connectivity index (χ1n) is 8.32. The van der Waals surface area contributed by atoms with Gasteiger partial charge in [0.05, 0.1) is 11.3 Å². The topological polar surface area (TPSA) is 45.2 Å². The molecular formula is C16H18F3N5S. The van der Waals surface area contributed by atoms with Gasteiger partial charge in [0.1, 0.15) is 5.82 Å². The molecule has 1 saturated heterocycles. The molecule has 0 amide bonds. The number of anilines is 1. The summed E-state index contributed by atoms with van der Waals surface area (Å²) in [5.41, 5.74) is -0.0443. The summed E-state index contributed by atoms with van der Waals surface area (Å²) >= 11 is 1.46. The van der Waals surface area contributed by atoms with Gasteiger partial charge in [-0.05, 0) is 25.0 Å². The Morgan fingerprint density at radius 3 is 2.48 bits per heavy atom. The average molecular weight is 369 g/mol. The second kappa shape index (κ2) is 6.53. The minimum Gasteiger partial charge on any atom is -0.344 e. The number of nitrogens with zero attached hydrogens (tertiary/aromatic N) is 5. The van der Waals surface area contributed by atoms with Crippen molar-refractivity contribution in [2.24, 2.45) is 0 Å². The second-order valence-electron chi connectivity index (χ2n) is 6.51. The number of hydrogen-bond donors (Lipinski definition) is 0. The van der Waals surface area contributed by atoms with E-state index >= 15 is 0 Å². The van der Waals surface area contributed by atoms with Crippen molar-refractivity contribution in [3.63, 3.8) is 0 Å². The third-order valence-electron chi connectivity index (χ3n) is 4.55. The van der Waals surface area contributed by atoms with E-state index in [1.807, 2.05) is 0 Å². The van der Waals surface area contributed by atoms with Crippen LogP contribution in [0.5, 0.6) is 0 Å². The van der Waals surface area contributed by atoms with Crippen LogP contribution in [0.1, 0.15) is 35.8 Å². The molecule has 4 rings (SSSR count). The molecule has 3 heterocycles. The van der Waals surface area contributed by atoms with E-state index in [1.54, 1.807) is 0 Å². The predicted octanol–water partition coefficient (Wildman–Crippen LogP) is 3.15. The highest BCUT2D eigenvalue weighted by molar-refractivity contribution is 7.09. The van der Waals surface area contributed by atoms with Gasteiger partial charge in [-0.1, -0.05) is 0 Å². The first-order valence-corrected chi connectivity index (χ1v) is 9.09. The van der Waals surface area contributed by atoms with Gasteiger partial charge in [0.25, 0.3) is 0 Å². The molecule has 2 fully saturated rings. The molecule has 0 atom stereocenters. The highest BCUT2D eigenvalue weighted by atomic mass is 32.1. The van der Waals surface area contributed by atoms with Crippen LogP contribution in [0.3, 0.4) is 0 Å². The SMILES string of the molecule is FC(F)(F)c1ccc(CN2CCN(c3nc(C4CC4)ns3)CC2)nc1. The maximum atomic E-state index is 12.6. The van der Waals surface area contributed by atoms with Gasteiger partial charge >= 0.3 is 6.18 Å². The summed E-state index contributed by atoms with van der Waals surface area (Å²) in [6, 6.07) is 2.56. The molecule has 134 valence electrons. The molecule has 9 heteroatoms. The van der Waals surface area contributed by atoms with Crippen LogP contribution in [0.4, 0.5) is 18.3 Å². The standard InChI is InChI=1S/C16H18F3N5S/c17-16(18,19)12-3-4-13(20-9-12)10-23-5-7-24(8-6-23)15-21-14(22-25-15)11-1-2-11/h3-4,9,11H,1-2,5-8,10H2. The van der Waals surface area contributed by atoms with Gasteiger partial charge in [0.15, 0.2) is 0 Å². The summed E-state index contributed by atoms with van der Waals surface area (Å²) < 4.78 is 42.2. The number of halogens is 3. The zero-order chi connectivity index (χ0) is 17.4. The fraction of sp³-hybridized carbons (Fsp3) is 0.562. The molecule has 1 saturated carbocycles. The largest absolute Gasteiger partial charge is 0.417 e. The Balaban J connectivity index is 1.31. The van der Waals surface area contributed by atoms with Crippen molar-refractivity contribution in [2.45, 2.75) is 31.5 Å². The summed E-state index contributed by atoms with van der Waals surface area (Å²) in [6.07, 6.45) is -1.03. The first kappa shape index (κ1) is 16.7. The average Bonchev–Trinajstić information content (AvgIpc) is 3.33. The van der Waals surface area contributed by atoms with E-state index < -0.39 is 11.7 Å². The van der Waals surface area contributed by atoms with Gasteiger partial charge in [-0.15, -0.1) is 0 Å². The first-order chi connectivity index (χ1) is 12.0. The van der Waals surface area contributed by atoms with Gasteiger partial charge < -0.3 is 4.90 Å². The van der Waals surface area contributed by atoms with Gasteiger partial charge in [0, 0.05) is 56.4 Å². The smallest absolute Gasteiger partial charge is 0.344 e. The van der Waals surface area contributed by atoms with Crippen molar-refractivity contribution in [1.82, 2.24) is 19.2 Å². The minimum atomic E-state index is -4.34. The molecule has 1 aliphatic carbocycles. The van der Waals surface area contributed by atoms with Crippen LogP contribution in [-0.4, -0.2) is 45.4 Å². The number of pyridine rings is 1. The quantitative estimate of drug-likeness (QED) is 0.828. The van der Waals surface area contributed by atoms with Crippen LogP contribution in [0.15, 0.2) is 18.3 Å². The zero-order valence-electron chi connectivity index (χ0n) is 13.5. The van der Waals surface area contributed by atoms with Gasteiger partial charge in [-0.3, -0.25) is 9.88 Å². The maximum Gasteiger partial charge on any atom is 0.417 e. The van der Waals surface area contributed by atoms with Crippen LogP contribution < -0.4 is 4.90 Å². The molecule has 0 bridgehead atoms. The lowest BCUT2D eigenvalue weighted by Crippen LogP contribution is -2.46. The summed E-state index contributed by atoms with van der Waals surface area (Å²) in [7, 11) is 0. The molecule has 0 spiro atoms. The van der Waals surface area contributed by atoms with E-state index in [4.69, 9.17) is 0 Å². The number of rotatable bonds is 4. The highest BCUT2D eigenvalue weighted by Crippen LogP contribution is 2.39. The van der Waals surface area contributed by atoms with Crippen LogP contribution in [0.25, 0.3) is 0 Å². The molecule has 2 aromatic heterocycles. The molecule has 25 heavy (non-hydrogen) atoms. The summed E-state index contributed by atoms with van der Waals surface area (Å²) in [5.74, 6) is 1.55. The fourth-order valence-electron chi connectivity index (χ4n) is 2.87. The van der Waals surface area contributed by atoms with Crippen molar-refractivity contribution in [2.75, 3.05) is 31.1 Å². The van der Waals surface area contributed by atoms with Crippen molar-refractivity contribution < 1.29 is 13.2 Å². The van der Waals surface area contributed by atoms with Crippen molar-refractivity contribution >= 4 is 16.7 Å². The summed E-state index contributed by atoms with van der Waals surface area (Å²) in [5, 5.41) is 0.981. The van der Waals surface area contributed by atoms with E-state index in [1.165, 1.54) is 30.4 Å². The van der Waals surface area contributed by atoms with Crippen molar-refractivity contribution in [3.05, 3.63) is 35.4 Å². The van der Waals surface area contributed by atoms with Crippen molar-refractivity contribution in [3.8, 4) is 0 Å². The fourth-order valence-corrected chi connectivity index (χ4v) is 3.67. The summed E-state index contributed by atoms with van der Waals surface area (Å²) in [4.78, 5) is 13.0. The lowest BCUT2D eigenvalue weighted by atomic mass is 10.2. The zero-order valence-corrected chi connectivity index (χ0v) is 14.4. The highest BCUT2D eigenvalue weighted by Gasteiger charge is 2.31. The van der Waals surface area contributed by atoms with Crippen LogP contribution in [0, 0.1) is 0 Å². The number of alkyl halides is 3. The predicted molar refractivity (Wildman–Crippen MR) is 88.6 cm³/mol. The molecule has 0 radical (unpaired) electrons. The van der Waals surface area contributed by atoms with Crippen LogP contribution >= 0.6 is 11.5 Å². The van der Waals surface area contributed by atoms with Gasteiger partial charge in [-0.25, -0.2) is 4.98 Å². The van der Waals surface area contributed by atoms with E-state index in [2.05, 4.69) is 24.1 Å². The number of aromatic nitrogens is 3. The minimum absolute atomic E-state index is 0.565. The lowest BCUT2D eigenvalue weighted by molar-refractivity contribution is -0.137. The molecule has 0 unspecified atom stereocenters. The Bertz CT molecular complexity index is 718. The number of piperazine rings is 1. The van der Waals surface area contributed by atoms with E-state index in [9.17, 15) is 13.2 Å². The molecule has 5 nitrogen and oxygen atoms in total. The van der Waals surface area contributed by atoms with Gasteiger partial charge in [0.2, 0.25) is 5.13 Å². The monoisotopic (exact) mass is 369 g/mol. The van der Waals surface area contributed by atoms with E-state index in [-0.39, 0.29) is 0 Å². The molecule has 0 N–H and O–H groups in total. The van der Waals surface area contributed by atoms with Crippen molar-refractivity contribution in [1.29, 1.82) is 0 Å². The normalized spacial score (nSPS) is 19.4. The van der Waals surface area contributed by atoms with Gasteiger partial charge in [-0.2, -0.15) is 17.5 Å². The Hall–Kier alpha value is -1.74. The third kappa shape index (κ3) is 3.92. The molecule has 2 aromatic rings. The summed E-state index contributed by atoms with van der Waals surface area (Å²) in [6.45, 7) is 3.93. The molecule has 1 aliphatic heterocycles. The lowest BCUT2D eigenvalue weighted by Gasteiger charge is -2.34. The molecule has 0 aromatic carbocycles. The molecular weight excluding hydrogens is 351 g/mol. The third-order valence-corrected chi connectivity index (χ3v) is 5.35. The Morgan fingerprint density at radius 1 is 1.12 bits per heavy atom. The Labute approximate surface area is 147 Å². The maximum absolute atomic E-state index is 12.6. The van der Waals surface area contributed by atoms with Crippen LogP contribution in [-0.2, 0) is 12.7 Å². The number of hydrogen-bond acceptors (Lipinski definition) is 6. The Morgan fingerprint density at radius 2 is 1.88 bits per heavy atom. The second-order valence-corrected chi connectivity index (χ2v) is 7.24. The van der Waals surface area contributed by atoms with E-state index in [0.717, 1.165) is 49.4 Å². The van der Waals surface area contributed by atoms with E-state index in [0.29, 0.717) is 18.2 Å². The Kier molecular flexibility index (Phi) is 4.36.